The van der Waals surface area contributed by atoms with Gasteiger partial charge in [-0.1, -0.05) is 12.1 Å². The zero-order valence-corrected chi connectivity index (χ0v) is 17.1. The molecule has 1 aromatic carbocycles. The van der Waals surface area contributed by atoms with E-state index in [-0.39, 0.29) is 18.4 Å². The van der Waals surface area contributed by atoms with Crippen LogP contribution in [0.3, 0.4) is 0 Å². The first-order valence-electron chi connectivity index (χ1n) is 9.49. The van der Waals surface area contributed by atoms with Crippen LogP contribution in [0.1, 0.15) is 39.2 Å². The van der Waals surface area contributed by atoms with Crippen LogP contribution in [0.5, 0.6) is 5.75 Å². The average molecular weight is 403 g/mol. The predicted molar refractivity (Wildman–Crippen MR) is 110 cm³/mol. The Labute approximate surface area is 169 Å². The van der Waals surface area contributed by atoms with E-state index in [1.807, 2.05) is 31.2 Å². The van der Waals surface area contributed by atoms with Crippen LogP contribution in [-0.2, 0) is 22.4 Å². The van der Waals surface area contributed by atoms with Crippen molar-refractivity contribution in [2.75, 3.05) is 32.2 Å². The summed E-state index contributed by atoms with van der Waals surface area (Å²) >= 11 is 1.50. The summed E-state index contributed by atoms with van der Waals surface area (Å²) in [4.78, 5) is 26.4. The number of carbonyl (C=O) groups is 2. The van der Waals surface area contributed by atoms with E-state index in [4.69, 9.17) is 9.47 Å². The number of carbonyl (C=O) groups excluding carboxylic acids is 2. The van der Waals surface area contributed by atoms with E-state index in [9.17, 15) is 9.59 Å². The molecule has 0 aliphatic heterocycles. The molecule has 0 atom stereocenters. The molecular weight excluding hydrogens is 376 g/mol. The molecule has 3 rings (SSSR count). The zero-order valence-electron chi connectivity index (χ0n) is 16.3. The Morgan fingerprint density at radius 1 is 1.21 bits per heavy atom. The van der Waals surface area contributed by atoms with Gasteiger partial charge in [0.2, 0.25) is 0 Å². The summed E-state index contributed by atoms with van der Waals surface area (Å²) in [6, 6.07) is 7.56. The van der Waals surface area contributed by atoms with Crippen LogP contribution in [0.25, 0.3) is 0 Å². The smallest absolute Gasteiger partial charge is 0.262 e. The third-order valence-electron chi connectivity index (χ3n) is 4.60. The number of ether oxygens (including phenoxy) is 2. The van der Waals surface area contributed by atoms with E-state index in [0.717, 1.165) is 36.8 Å². The molecule has 2 aromatic rings. The van der Waals surface area contributed by atoms with Gasteiger partial charge in [-0.3, -0.25) is 9.59 Å². The highest BCUT2D eigenvalue weighted by Crippen LogP contribution is 2.38. The van der Waals surface area contributed by atoms with E-state index in [0.29, 0.717) is 29.5 Å². The lowest BCUT2D eigenvalue weighted by atomic mass is 9.95. The first-order chi connectivity index (χ1) is 13.6. The molecule has 1 heterocycles. The number of aryl methyl sites for hydroxylation is 2. The fraction of sp³-hybridized carbons (Fsp3) is 0.429. The normalized spacial score (nSPS) is 12.9. The lowest BCUT2D eigenvalue weighted by Crippen LogP contribution is -2.29. The number of benzene rings is 1. The highest BCUT2D eigenvalue weighted by Gasteiger charge is 2.26. The molecule has 150 valence electrons. The lowest BCUT2D eigenvalue weighted by molar-refractivity contribution is -0.118. The van der Waals surface area contributed by atoms with Gasteiger partial charge in [-0.2, -0.15) is 0 Å². The first kappa shape index (κ1) is 20.4. The standard InChI is InChI=1S/C21H26N2O4S/c1-14-6-5-7-15(12-14)27-13-18(24)23-21-19(20(25)22-10-11-26-2)16-8-3-4-9-17(16)28-21/h5-7,12H,3-4,8-11,13H2,1-2H3,(H,22,25)(H,23,24). The van der Waals surface area contributed by atoms with Crippen LogP contribution in [-0.4, -0.2) is 38.7 Å². The molecule has 0 unspecified atom stereocenters. The van der Waals surface area contributed by atoms with Gasteiger partial charge in [0.1, 0.15) is 10.8 Å². The van der Waals surface area contributed by atoms with Crippen molar-refractivity contribution in [1.29, 1.82) is 0 Å². The number of methoxy groups -OCH3 is 1. The summed E-state index contributed by atoms with van der Waals surface area (Å²) in [5.41, 5.74) is 2.74. The summed E-state index contributed by atoms with van der Waals surface area (Å²) in [5.74, 6) is 0.218. The van der Waals surface area contributed by atoms with Gasteiger partial charge in [-0.05, 0) is 55.9 Å². The molecule has 2 amide bonds. The Kier molecular flexibility index (Phi) is 7.06. The minimum atomic E-state index is -0.272. The van der Waals surface area contributed by atoms with Gasteiger partial charge in [0.25, 0.3) is 11.8 Å². The SMILES string of the molecule is COCCNC(=O)c1c(NC(=O)COc2cccc(C)c2)sc2c1CCCC2. The molecule has 0 saturated carbocycles. The molecule has 1 aromatic heterocycles. The fourth-order valence-corrected chi connectivity index (χ4v) is 4.57. The van der Waals surface area contributed by atoms with E-state index in [1.165, 1.54) is 16.2 Å². The van der Waals surface area contributed by atoms with Gasteiger partial charge in [-0.25, -0.2) is 0 Å². The molecule has 1 aliphatic carbocycles. The van der Waals surface area contributed by atoms with Gasteiger partial charge in [0.15, 0.2) is 6.61 Å². The van der Waals surface area contributed by atoms with Crippen molar-refractivity contribution >= 4 is 28.2 Å². The van der Waals surface area contributed by atoms with Crippen molar-refractivity contribution in [3.05, 3.63) is 45.8 Å². The maximum absolute atomic E-state index is 12.7. The van der Waals surface area contributed by atoms with Crippen LogP contribution in [0.15, 0.2) is 24.3 Å². The molecule has 0 bridgehead atoms. The van der Waals surface area contributed by atoms with Gasteiger partial charge < -0.3 is 20.1 Å². The molecule has 1 aliphatic rings. The van der Waals surface area contributed by atoms with Gasteiger partial charge in [0.05, 0.1) is 12.2 Å². The molecule has 0 radical (unpaired) electrons. The quantitative estimate of drug-likeness (QED) is 0.664. The molecular formula is C21H26N2O4S. The van der Waals surface area contributed by atoms with Crippen molar-refractivity contribution in [3.63, 3.8) is 0 Å². The summed E-state index contributed by atoms with van der Waals surface area (Å²) in [6.07, 6.45) is 4.00. The molecule has 0 fully saturated rings. The lowest BCUT2D eigenvalue weighted by Gasteiger charge is -2.13. The third-order valence-corrected chi connectivity index (χ3v) is 5.81. The van der Waals surface area contributed by atoms with Crippen molar-refractivity contribution in [2.24, 2.45) is 0 Å². The second-order valence-electron chi connectivity index (χ2n) is 6.82. The number of amides is 2. The van der Waals surface area contributed by atoms with Crippen molar-refractivity contribution in [2.45, 2.75) is 32.6 Å². The van der Waals surface area contributed by atoms with Crippen LogP contribution in [0, 0.1) is 6.92 Å². The number of thiophene rings is 1. The van der Waals surface area contributed by atoms with E-state index in [1.54, 1.807) is 7.11 Å². The summed E-state index contributed by atoms with van der Waals surface area (Å²) < 4.78 is 10.6. The van der Waals surface area contributed by atoms with Crippen molar-refractivity contribution in [3.8, 4) is 5.75 Å². The largest absolute Gasteiger partial charge is 0.484 e. The Bertz CT molecular complexity index is 847. The van der Waals surface area contributed by atoms with Crippen LogP contribution >= 0.6 is 11.3 Å². The second kappa shape index (κ2) is 9.71. The monoisotopic (exact) mass is 402 g/mol. The predicted octanol–water partition coefficient (Wildman–Crippen LogP) is 3.33. The Morgan fingerprint density at radius 2 is 2.04 bits per heavy atom. The van der Waals surface area contributed by atoms with Crippen LogP contribution < -0.4 is 15.4 Å². The average Bonchev–Trinajstić information content (AvgIpc) is 3.04. The van der Waals surface area contributed by atoms with Crippen molar-refractivity contribution < 1.29 is 19.1 Å². The molecule has 0 spiro atoms. The third kappa shape index (κ3) is 5.11. The zero-order chi connectivity index (χ0) is 19.9. The fourth-order valence-electron chi connectivity index (χ4n) is 3.27. The van der Waals surface area contributed by atoms with E-state index < -0.39 is 0 Å². The number of anilines is 1. The Morgan fingerprint density at radius 3 is 2.82 bits per heavy atom. The van der Waals surface area contributed by atoms with E-state index in [2.05, 4.69) is 10.6 Å². The summed E-state index contributed by atoms with van der Waals surface area (Å²) in [5, 5.41) is 6.37. The maximum atomic E-state index is 12.7. The molecule has 28 heavy (non-hydrogen) atoms. The van der Waals surface area contributed by atoms with Gasteiger partial charge >= 0.3 is 0 Å². The molecule has 0 saturated heterocycles. The van der Waals surface area contributed by atoms with Gasteiger partial charge in [-0.15, -0.1) is 11.3 Å². The summed E-state index contributed by atoms with van der Waals surface area (Å²) in [7, 11) is 1.60. The molecule has 2 N–H and O–H groups in total. The first-order valence-corrected chi connectivity index (χ1v) is 10.3. The van der Waals surface area contributed by atoms with E-state index >= 15 is 0 Å². The minimum absolute atomic E-state index is 0.100. The maximum Gasteiger partial charge on any atom is 0.262 e. The molecule has 6 nitrogen and oxygen atoms in total. The van der Waals surface area contributed by atoms with Crippen LogP contribution in [0.4, 0.5) is 5.00 Å². The highest BCUT2D eigenvalue weighted by molar-refractivity contribution is 7.17. The number of fused-ring (bicyclic) bond motifs is 1. The van der Waals surface area contributed by atoms with Crippen LogP contribution in [0.2, 0.25) is 0 Å². The number of nitrogens with one attached hydrogen (secondary N) is 2. The number of hydrogen-bond acceptors (Lipinski definition) is 5. The Balaban J connectivity index is 1.70. The second-order valence-corrected chi connectivity index (χ2v) is 7.92. The Hall–Kier alpha value is -2.38. The van der Waals surface area contributed by atoms with Gasteiger partial charge in [0, 0.05) is 18.5 Å². The summed E-state index contributed by atoms with van der Waals surface area (Å²) in [6.45, 7) is 2.75. The number of hydrogen-bond donors (Lipinski definition) is 2. The topological polar surface area (TPSA) is 76.7 Å². The molecule has 7 heteroatoms. The minimum Gasteiger partial charge on any atom is -0.484 e. The number of rotatable bonds is 8. The highest BCUT2D eigenvalue weighted by atomic mass is 32.1. The van der Waals surface area contributed by atoms with Crippen molar-refractivity contribution in [1.82, 2.24) is 5.32 Å².